The average molecular weight is 486 g/mol. The second kappa shape index (κ2) is 11.2. The molecule has 2 aliphatic rings. The number of pyridine rings is 1. The summed E-state index contributed by atoms with van der Waals surface area (Å²) in [6, 6.07) is 6.41. The van der Waals surface area contributed by atoms with Gasteiger partial charge in [-0.3, -0.25) is 4.98 Å². The van der Waals surface area contributed by atoms with Gasteiger partial charge in [0.05, 0.1) is 18.1 Å². The Labute approximate surface area is 215 Å². The highest BCUT2D eigenvalue weighted by Crippen LogP contribution is 2.42. The fourth-order valence-corrected chi connectivity index (χ4v) is 6.21. The van der Waals surface area contributed by atoms with E-state index in [2.05, 4.69) is 58.4 Å². The van der Waals surface area contributed by atoms with E-state index in [4.69, 9.17) is 0 Å². The van der Waals surface area contributed by atoms with Crippen LogP contribution in [0.25, 0.3) is 11.6 Å². The Morgan fingerprint density at radius 2 is 2.25 bits per heavy atom. The summed E-state index contributed by atoms with van der Waals surface area (Å²) in [6.45, 7) is 12.6. The number of fused-ring (bicyclic) bond motifs is 1. The van der Waals surface area contributed by atoms with Crippen LogP contribution in [0.4, 0.5) is 0 Å². The van der Waals surface area contributed by atoms with Crippen LogP contribution >= 0.6 is 0 Å². The molecule has 0 spiro atoms. The van der Waals surface area contributed by atoms with Gasteiger partial charge in [0.25, 0.3) is 0 Å². The number of hydrogen-bond donors (Lipinski definition) is 1. The summed E-state index contributed by atoms with van der Waals surface area (Å²) in [7, 11) is 0. The summed E-state index contributed by atoms with van der Waals surface area (Å²) >= 11 is 0. The summed E-state index contributed by atoms with van der Waals surface area (Å²) in [5.74, 6) is 0.816. The van der Waals surface area contributed by atoms with Gasteiger partial charge in [0.1, 0.15) is 0 Å². The number of allylic oxidation sites excluding steroid dienone is 2. The highest BCUT2D eigenvalue weighted by atomic mass is 16.3. The van der Waals surface area contributed by atoms with Crippen molar-refractivity contribution in [2.24, 2.45) is 11.3 Å². The number of aliphatic hydroxyl groups is 1. The average Bonchev–Trinajstić information content (AvgIpc) is 3.25. The van der Waals surface area contributed by atoms with E-state index in [0.717, 1.165) is 54.9 Å². The van der Waals surface area contributed by atoms with Gasteiger partial charge in [-0.05, 0) is 75.2 Å². The summed E-state index contributed by atoms with van der Waals surface area (Å²) in [6.07, 6.45) is 16.1. The zero-order valence-electron chi connectivity index (χ0n) is 22.0. The molecule has 2 aromatic rings. The molecule has 2 aromatic heterocycles. The van der Waals surface area contributed by atoms with Gasteiger partial charge in [-0.15, -0.1) is 0 Å². The first kappa shape index (κ1) is 25.8. The van der Waals surface area contributed by atoms with Crippen molar-refractivity contribution in [2.75, 3.05) is 13.1 Å². The minimum Gasteiger partial charge on any atom is -0.495 e. The van der Waals surface area contributed by atoms with Crippen LogP contribution in [0.5, 0.6) is 0 Å². The molecular weight excluding hydrogens is 446 g/mol. The SMILES string of the molecule is C=C(O)N(C/C(=C/C)c1cccnc1C)CC1CCCC(C)(Cn2cnc3c2C(CC#N)CC=C3)C1. The molecule has 6 nitrogen and oxygen atoms in total. The number of aliphatic hydroxyl groups excluding tert-OH is 1. The molecule has 0 radical (unpaired) electrons. The Morgan fingerprint density at radius 1 is 1.42 bits per heavy atom. The lowest BCUT2D eigenvalue weighted by Gasteiger charge is -2.41. The van der Waals surface area contributed by atoms with E-state index < -0.39 is 0 Å². The van der Waals surface area contributed by atoms with Crippen molar-refractivity contribution < 1.29 is 5.11 Å². The minimum atomic E-state index is 0.123. The van der Waals surface area contributed by atoms with E-state index in [1.807, 2.05) is 37.3 Å². The van der Waals surface area contributed by atoms with Gasteiger partial charge in [0, 0.05) is 55.1 Å². The topological polar surface area (TPSA) is 78.0 Å². The third kappa shape index (κ3) is 5.73. The van der Waals surface area contributed by atoms with Gasteiger partial charge in [-0.1, -0.05) is 31.6 Å². The van der Waals surface area contributed by atoms with Crippen LogP contribution in [-0.4, -0.2) is 37.6 Å². The molecule has 0 amide bonds. The van der Waals surface area contributed by atoms with E-state index in [1.54, 1.807) is 0 Å². The van der Waals surface area contributed by atoms with Crippen LogP contribution in [0.15, 0.2) is 49.3 Å². The third-order valence-corrected chi connectivity index (χ3v) is 7.96. The van der Waals surface area contributed by atoms with Crippen molar-refractivity contribution >= 4 is 11.6 Å². The maximum atomic E-state index is 10.5. The number of rotatable bonds is 9. The molecule has 3 unspecified atom stereocenters. The summed E-state index contributed by atoms with van der Waals surface area (Å²) in [5, 5.41) is 19.8. The summed E-state index contributed by atoms with van der Waals surface area (Å²) < 4.78 is 2.31. The zero-order valence-corrected chi connectivity index (χ0v) is 22.0. The van der Waals surface area contributed by atoms with E-state index in [9.17, 15) is 10.4 Å². The Bertz CT molecular complexity index is 1190. The number of hydrogen-bond acceptors (Lipinski definition) is 5. The molecule has 2 aliphatic carbocycles. The number of aromatic nitrogens is 3. The predicted molar refractivity (Wildman–Crippen MR) is 145 cm³/mol. The van der Waals surface area contributed by atoms with Gasteiger partial charge in [0.2, 0.25) is 0 Å². The lowest BCUT2D eigenvalue weighted by molar-refractivity contribution is 0.100. The molecule has 36 heavy (non-hydrogen) atoms. The van der Waals surface area contributed by atoms with Crippen molar-refractivity contribution in [2.45, 2.75) is 71.8 Å². The Hall–Kier alpha value is -3.33. The molecule has 4 rings (SSSR count). The normalized spacial score (nSPS) is 23.7. The van der Waals surface area contributed by atoms with Crippen molar-refractivity contribution in [3.05, 3.63) is 71.9 Å². The first-order valence-corrected chi connectivity index (χ1v) is 13.1. The molecule has 1 saturated carbocycles. The van der Waals surface area contributed by atoms with E-state index >= 15 is 0 Å². The maximum absolute atomic E-state index is 10.5. The summed E-state index contributed by atoms with van der Waals surface area (Å²) in [5.41, 5.74) is 5.64. The molecule has 0 saturated heterocycles. The summed E-state index contributed by atoms with van der Waals surface area (Å²) in [4.78, 5) is 11.1. The second-order valence-electron chi connectivity index (χ2n) is 10.9. The smallest absolute Gasteiger partial charge is 0.179 e. The molecular formula is C30H39N5O. The van der Waals surface area contributed by atoms with Crippen molar-refractivity contribution in [3.8, 4) is 6.07 Å². The molecule has 190 valence electrons. The van der Waals surface area contributed by atoms with Crippen LogP contribution < -0.4 is 0 Å². The van der Waals surface area contributed by atoms with Crippen LogP contribution in [0.1, 0.15) is 80.9 Å². The molecule has 2 heterocycles. The molecule has 6 heteroatoms. The van der Waals surface area contributed by atoms with Crippen LogP contribution in [0.2, 0.25) is 0 Å². The van der Waals surface area contributed by atoms with Crippen molar-refractivity contribution in [1.82, 2.24) is 19.4 Å². The minimum absolute atomic E-state index is 0.123. The quantitative estimate of drug-likeness (QED) is 0.403. The van der Waals surface area contributed by atoms with Gasteiger partial charge in [-0.2, -0.15) is 5.26 Å². The molecule has 0 aliphatic heterocycles. The highest BCUT2D eigenvalue weighted by molar-refractivity contribution is 5.68. The molecule has 0 bridgehead atoms. The van der Waals surface area contributed by atoms with Gasteiger partial charge in [0.15, 0.2) is 5.88 Å². The van der Waals surface area contributed by atoms with E-state index in [1.165, 1.54) is 18.5 Å². The van der Waals surface area contributed by atoms with E-state index in [0.29, 0.717) is 18.9 Å². The fraction of sp³-hybridized carbons (Fsp3) is 0.500. The lowest BCUT2D eigenvalue weighted by atomic mass is 9.70. The third-order valence-electron chi connectivity index (χ3n) is 7.96. The molecule has 1 fully saturated rings. The predicted octanol–water partition coefficient (Wildman–Crippen LogP) is 6.63. The fourth-order valence-electron chi connectivity index (χ4n) is 6.21. The number of nitrogens with zero attached hydrogens (tertiary/aromatic N) is 5. The first-order chi connectivity index (χ1) is 17.3. The van der Waals surface area contributed by atoms with Gasteiger partial charge < -0.3 is 14.6 Å². The van der Waals surface area contributed by atoms with Gasteiger partial charge >= 0.3 is 0 Å². The number of aryl methyl sites for hydroxylation is 1. The van der Waals surface area contributed by atoms with E-state index in [-0.39, 0.29) is 17.2 Å². The van der Waals surface area contributed by atoms with Crippen LogP contribution in [0, 0.1) is 29.6 Å². The molecule has 3 atom stereocenters. The first-order valence-electron chi connectivity index (χ1n) is 13.1. The second-order valence-corrected chi connectivity index (χ2v) is 10.9. The standard InChI is InChI=1S/C30H39N5O/c1-5-25(27-11-8-16-32-22(27)2)19-34(23(3)36)18-24-9-7-14-30(4,17-24)20-35-21-33-28-12-6-10-26(13-15-31)29(28)35/h5-6,8,11-12,16,21,24,26,36H,3,7,9-10,13-14,17-20H2,1-2,4H3/b25-5-. The Kier molecular flexibility index (Phi) is 7.98. The van der Waals surface area contributed by atoms with Crippen LogP contribution in [-0.2, 0) is 6.54 Å². The van der Waals surface area contributed by atoms with Crippen molar-refractivity contribution in [3.63, 3.8) is 0 Å². The number of nitriles is 1. The molecule has 1 N–H and O–H groups in total. The Morgan fingerprint density at radius 3 is 2.97 bits per heavy atom. The molecule has 0 aromatic carbocycles. The van der Waals surface area contributed by atoms with Gasteiger partial charge in [-0.25, -0.2) is 4.98 Å². The highest BCUT2D eigenvalue weighted by Gasteiger charge is 2.35. The monoisotopic (exact) mass is 485 g/mol. The lowest BCUT2D eigenvalue weighted by Crippen LogP contribution is -2.37. The largest absolute Gasteiger partial charge is 0.495 e. The zero-order chi connectivity index (χ0) is 25.7. The Balaban J connectivity index is 1.47. The van der Waals surface area contributed by atoms with Crippen molar-refractivity contribution in [1.29, 1.82) is 5.26 Å². The number of imidazole rings is 1. The van der Waals surface area contributed by atoms with Crippen LogP contribution in [0.3, 0.4) is 0 Å². The maximum Gasteiger partial charge on any atom is 0.179 e.